The molecule has 1 heterocycles. The van der Waals surface area contributed by atoms with Gasteiger partial charge in [-0.05, 0) is 5.92 Å². The molecule has 0 spiro atoms. The van der Waals surface area contributed by atoms with Crippen LogP contribution in [0.2, 0.25) is 0 Å². The quantitative estimate of drug-likeness (QED) is 0.792. The van der Waals surface area contributed by atoms with Gasteiger partial charge in [0.1, 0.15) is 5.82 Å². The van der Waals surface area contributed by atoms with Crippen LogP contribution in [0.25, 0.3) is 0 Å². The van der Waals surface area contributed by atoms with E-state index in [-0.39, 0.29) is 5.16 Å². The van der Waals surface area contributed by atoms with Gasteiger partial charge in [0.2, 0.25) is 0 Å². The maximum atomic E-state index is 11.6. The number of sulfonamides is 1. The van der Waals surface area contributed by atoms with Crippen LogP contribution in [-0.4, -0.2) is 36.9 Å². The minimum absolute atomic E-state index is 0.164. The van der Waals surface area contributed by atoms with Crippen LogP contribution in [0.3, 0.4) is 0 Å². The highest BCUT2D eigenvalue weighted by atomic mass is 32.2. The lowest BCUT2D eigenvalue weighted by Gasteiger charge is -2.14. The van der Waals surface area contributed by atoms with Crippen molar-refractivity contribution in [2.24, 2.45) is 11.1 Å². The Hall–Kier alpha value is -0.990. The average molecular weight is 316 g/mol. The number of hydrogen-bond donors (Lipinski definition) is 1. The van der Waals surface area contributed by atoms with Crippen molar-refractivity contribution in [1.82, 2.24) is 14.8 Å². The highest BCUT2D eigenvalue weighted by Gasteiger charge is 2.23. The van der Waals surface area contributed by atoms with E-state index in [0.29, 0.717) is 24.9 Å². The maximum absolute atomic E-state index is 11.6. The Kier molecular flexibility index (Phi) is 5.72. The van der Waals surface area contributed by atoms with Gasteiger partial charge in [-0.15, -0.1) is 10.2 Å². The van der Waals surface area contributed by atoms with E-state index in [9.17, 15) is 8.42 Å². The third kappa shape index (κ3) is 4.49. The molecule has 0 radical (unpaired) electrons. The van der Waals surface area contributed by atoms with Gasteiger partial charge in [-0.1, -0.05) is 38.5 Å². The molecule has 2 rings (SSSR count). The predicted molar refractivity (Wildman–Crippen MR) is 78.2 cm³/mol. The van der Waals surface area contributed by atoms with E-state index in [1.54, 1.807) is 11.7 Å². The number of methoxy groups -OCH3 is 1. The van der Waals surface area contributed by atoms with Crippen LogP contribution in [0, 0.1) is 5.92 Å². The van der Waals surface area contributed by atoms with E-state index in [4.69, 9.17) is 9.88 Å². The van der Waals surface area contributed by atoms with E-state index in [1.165, 1.54) is 38.5 Å². The molecule has 1 saturated carbocycles. The lowest BCUT2D eigenvalue weighted by Crippen LogP contribution is -2.21. The third-order valence-electron chi connectivity index (χ3n) is 4.01. The Labute approximate surface area is 125 Å². The van der Waals surface area contributed by atoms with Crippen LogP contribution >= 0.6 is 0 Å². The number of primary sulfonamides is 1. The minimum atomic E-state index is -3.86. The fourth-order valence-corrected chi connectivity index (χ4v) is 3.57. The molecule has 21 heavy (non-hydrogen) atoms. The van der Waals surface area contributed by atoms with E-state index >= 15 is 0 Å². The Morgan fingerprint density at radius 2 is 1.90 bits per heavy atom. The lowest BCUT2D eigenvalue weighted by atomic mass is 9.96. The van der Waals surface area contributed by atoms with Gasteiger partial charge in [0, 0.05) is 20.1 Å². The van der Waals surface area contributed by atoms with Crippen LogP contribution in [0.5, 0.6) is 0 Å². The zero-order valence-corrected chi connectivity index (χ0v) is 13.3. The normalized spacial score (nSPS) is 17.8. The van der Waals surface area contributed by atoms with Gasteiger partial charge in [-0.2, -0.15) is 0 Å². The minimum Gasteiger partial charge on any atom is -0.383 e. The van der Waals surface area contributed by atoms with Crippen LogP contribution in [0.15, 0.2) is 5.16 Å². The SMILES string of the molecule is COCCn1c(CC2CCCCCC2)nnc1S(N)(=O)=O. The average Bonchev–Trinajstić information content (AvgIpc) is 2.65. The Bertz CT molecular complexity index is 548. The molecule has 1 aromatic rings. The molecule has 1 fully saturated rings. The highest BCUT2D eigenvalue weighted by Crippen LogP contribution is 2.26. The number of rotatable bonds is 6. The van der Waals surface area contributed by atoms with Crippen molar-refractivity contribution in [3.63, 3.8) is 0 Å². The third-order valence-corrected chi connectivity index (χ3v) is 4.82. The zero-order chi connectivity index (χ0) is 15.3. The van der Waals surface area contributed by atoms with E-state index in [2.05, 4.69) is 10.2 Å². The zero-order valence-electron chi connectivity index (χ0n) is 12.5. The smallest absolute Gasteiger partial charge is 0.273 e. The predicted octanol–water partition coefficient (Wildman–Crippen LogP) is 1.08. The van der Waals surface area contributed by atoms with Crippen molar-refractivity contribution >= 4 is 10.0 Å². The number of hydrogen-bond acceptors (Lipinski definition) is 5. The maximum Gasteiger partial charge on any atom is 0.273 e. The van der Waals surface area contributed by atoms with Gasteiger partial charge in [0.15, 0.2) is 0 Å². The van der Waals surface area contributed by atoms with Gasteiger partial charge >= 0.3 is 0 Å². The molecule has 1 aromatic heterocycles. The largest absolute Gasteiger partial charge is 0.383 e. The van der Waals surface area contributed by atoms with Gasteiger partial charge in [-0.3, -0.25) is 4.57 Å². The first kappa shape index (κ1) is 16.4. The fraction of sp³-hybridized carbons (Fsp3) is 0.846. The number of nitrogens with zero attached hydrogens (tertiary/aromatic N) is 3. The molecule has 1 aliphatic carbocycles. The highest BCUT2D eigenvalue weighted by molar-refractivity contribution is 7.89. The van der Waals surface area contributed by atoms with E-state index in [0.717, 1.165) is 6.42 Å². The van der Waals surface area contributed by atoms with Crippen LogP contribution < -0.4 is 5.14 Å². The molecule has 0 atom stereocenters. The molecule has 0 unspecified atom stereocenters. The molecule has 2 N–H and O–H groups in total. The van der Waals surface area contributed by atoms with Crippen LogP contribution in [0.4, 0.5) is 0 Å². The van der Waals surface area contributed by atoms with Crippen molar-refractivity contribution in [3.8, 4) is 0 Å². The molecule has 1 aliphatic rings. The number of aromatic nitrogens is 3. The molecule has 7 nitrogen and oxygen atoms in total. The van der Waals surface area contributed by atoms with Crippen LogP contribution in [-0.2, 0) is 27.7 Å². The molecule has 0 bridgehead atoms. The Morgan fingerprint density at radius 1 is 1.24 bits per heavy atom. The van der Waals surface area contributed by atoms with Crippen molar-refractivity contribution < 1.29 is 13.2 Å². The molecule has 8 heteroatoms. The molecule has 0 amide bonds. The van der Waals surface area contributed by atoms with E-state index < -0.39 is 10.0 Å². The summed E-state index contributed by atoms with van der Waals surface area (Å²) in [7, 11) is -2.28. The topological polar surface area (TPSA) is 100 Å². The summed E-state index contributed by atoms with van der Waals surface area (Å²) in [6.45, 7) is 0.801. The van der Waals surface area contributed by atoms with Gasteiger partial charge in [-0.25, -0.2) is 13.6 Å². The van der Waals surface area contributed by atoms with Crippen LogP contribution in [0.1, 0.15) is 44.3 Å². The first-order chi connectivity index (χ1) is 10.0. The molecule has 120 valence electrons. The van der Waals surface area contributed by atoms with E-state index in [1.807, 2.05) is 0 Å². The van der Waals surface area contributed by atoms with Crippen molar-refractivity contribution in [3.05, 3.63) is 5.82 Å². The summed E-state index contributed by atoms with van der Waals surface area (Å²) in [6, 6.07) is 0. The second-order valence-corrected chi connectivity index (χ2v) is 7.11. The van der Waals surface area contributed by atoms with Gasteiger partial charge < -0.3 is 4.74 Å². The summed E-state index contributed by atoms with van der Waals surface area (Å²) < 4.78 is 29.8. The first-order valence-corrected chi connectivity index (χ1v) is 9.01. The Balaban J connectivity index is 2.19. The van der Waals surface area contributed by atoms with Gasteiger partial charge in [0.25, 0.3) is 15.2 Å². The summed E-state index contributed by atoms with van der Waals surface area (Å²) in [5.41, 5.74) is 0. The molecular weight excluding hydrogens is 292 g/mol. The summed E-state index contributed by atoms with van der Waals surface area (Å²) in [5, 5.41) is 12.9. The lowest BCUT2D eigenvalue weighted by molar-refractivity contribution is 0.183. The number of nitrogens with two attached hydrogens (primary N) is 1. The Morgan fingerprint density at radius 3 is 2.48 bits per heavy atom. The molecule has 0 saturated heterocycles. The summed E-state index contributed by atoms with van der Waals surface area (Å²) in [4.78, 5) is 0. The van der Waals surface area contributed by atoms with Crippen molar-refractivity contribution in [2.75, 3.05) is 13.7 Å². The monoisotopic (exact) mass is 316 g/mol. The van der Waals surface area contributed by atoms with Crippen molar-refractivity contribution in [1.29, 1.82) is 0 Å². The standard InChI is InChI=1S/C13H24N4O3S/c1-20-9-8-17-12(15-16-13(17)21(14,18)19)10-11-6-4-2-3-5-7-11/h11H,2-10H2,1H3,(H2,14,18,19). The van der Waals surface area contributed by atoms with Crippen molar-refractivity contribution in [2.45, 2.75) is 56.6 Å². The van der Waals surface area contributed by atoms with Gasteiger partial charge in [0.05, 0.1) is 6.61 Å². The number of ether oxygens (including phenoxy) is 1. The molecular formula is C13H24N4O3S. The second kappa shape index (κ2) is 7.33. The molecule has 0 aromatic carbocycles. The summed E-state index contributed by atoms with van der Waals surface area (Å²) >= 11 is 0. The summed E-state index contributed by atoms with van der Waals surface area (Å²) in [6.07, 6.45) is 8.14. The second-order valence-electron chi connectivity index (χ2n) is 5.65. The fourth-order valence-electron chi connectivity index (χ4n) is 2.91. The molecule has 0 aliphatic heterocycles. The first-order valence-electron chi connectivity index (χ1n) is 7.46. The summed E-state index contributed by atoms with van der Waals surface area (Å²) in [5.74, 6) is 1.24.